The number of nitrogens with zero attached hydrogens (tertiary/aromatic N) is 1. The van der Waals surface area contributed by atoms with Gasteiger partial charge in [0.2, 0.25) is 11.7 Å². The predicted molar refractivity (Wildman–Crippen MR) is 130 cm³/mol. The lowest BCUT2D eigenvalue weighted by Crippen LogP contribution is -2.41. The highest BCUT2D eigenvalue weighted by Gasteiger charge is 2.39. The van der Waals surface area contributed by atoms with Gasteiger partial charge in [-0.1, -0.05) is 30.3 Å². The molecule has 0 heterocycles. The van der Waals surface area contributed by atoms with E-state index in [1.54, 1.807) is 26.2 Å². The first-order valence-corrected chi connectivity index (χ1v) is 11.1. The number of methoxy groups -OCH3 is 4. The lowest BCUT2D eigenvalue weighted by molar-refractivity contribution is -0.154. The second-order valence-corrected chi connectivity index (χ2v) is 8.01. The minimum atomic E-state index is -0.906. The molecule has 2 rings (SSSR count). The number of rotatable bonds is 15. The lowest BCUT2D eigenvalue weighted by atomic mass is 9.84. The highest BCUT2D eigenvalue weighted by Crippen LogP contribution is 2.43. The fourth-order valence-corrected chi connectivity index (χ4v) is 3.76. The molecule has 1 unspecified atom stereocenters. The van der Waals surface area contributed by atoms with E-state index in [1.165, 1.54) is 33.3 Å². The molecule has 0 fully saturated rings. The van der Waals surface area contributed by atoms with Crippen molar-refractivity contribution in [2.24, 2.45) is 11.8 Å². The summed E-state index contributed by atoms with van der Waals surface area (Å²) >= 11 is 0. The number of aldehydes is 1. The number of hydrogen-bond donors (Lipinski definition) is 0. The largest absolute Gasteiger partial charge is 0.493 e. The fraction of sp³-hybridized carbons (Fsp3) is 0.462. The Labute approximate surface area is 206 Å². The summed E-state index contributed by atoms with van der Waals surface area (Å²) in [6, 6.07) is 13.0. The molecule has 0 bridgehead atoms. The molecule has 0 N–H and O–H groups in total. The molecule has 0 radical (unpaired) electrons. The van der Waals surface area contributed by atoms with Gasteiger partial charge in [-0.05, 0) is 23.3 Å². The average molecular weight is 490 g/mol. The van der Waals surface area contributed by atoms with Crippen LogP contribution in [0, 0.1) is 11.8 Å². The van der Waals surface area contributed by atoms with Crippen LogP contribution in [0.2, 0.25) is 0 Å². The molecule has 0 aliphatic rings. The quantitative estimate of drug-likeness (QED) is 0.278. The van der Waals surface area contributed by atoms with Crippen molar-refractivity contribution in [1.82, 2.24) is 4.90 Å². The Morgan fingerprint density at radius 2 is 1.60 bits per heavy atom. The van der Waals surface area contributed by atoms with E-state index in [1.807, 2.05) is 30.3 Å². The molecule has 2 aromatic carbocycles. The van der Waals surface area contributed by atoms with Gasteiger partial charge in [0.25, 0.3) is 0 Å². The molecule has 0 aliphatic carbocycles. The third-order valence-corrected chi connectivity index (χ3v) is 5.49. The zero-order chi connectivity index (χ0) is 25.8. The van der Waals surface area contributed by atoms with Gasteiger partial charge in [-0.25, -0.2) is 0 Å². The van der Waals surface area contributed by atoms with Crippen LogP contribution in [0.3, 0.4) is 0 Å². The van der Waals surface area contributed by atoms with Crippen molar-refractivity contribution in [1.29, 1.82) is 0 Å². The molecule has 0 spiro atoms. The van der Waals surface area contributed by atoms with Crippen LogP contribution in [0.4, 0.5) is 0 Å². The van der Waals surface area contributed by atoms with E-state index in [2.05, 4.69) is 0 Å². The third kappa shape index (κ3) is 7.42. The van der Waals surface area contributed by atoms with Crippen molar-refractivity contribution in [3.8, 4) is 17.2 Å². The second-order valence-electron chi connectivity index (χ2n) is 8.01. The first kappa shape index (κ1) is 28.1. The van der Waals surface area contributed by atoms with Gasteiger partial charge in [-0.2, -0.15) is 0 Å². The molecule has 0 aliphatic heterocycles. The predicted octanol–water partition coefficient (Wildman–Crippen LogP) is 3.11. The number of carbonyl (C=O) groups excluding carboxylic acids is 2. The summed E-state index contributed by atoms with van der Waals surface area (Å²) in [6.07, 6.45) is -0.132. The van der Waals surface area contributed by atoms with Gasteiger partial charge in [-0.15, -0.1) is 0 Å². The van der Waals surface area contributed by atoms with Gasteiger partial charge in [0, 0.05) is 21.2 Å². The zero-order valence-electron chi connectivity index (χ0n) is 21.2. The maximum absolute atomic E-state index is 13.4. The Kier molecular flexibility index (Phi) is 11.5. The Balaban J connectivity index is 2.47. The van der Waals surface area contributed by atoms with E-state index < -0.39 is 17.9 Å². The Bertz CT molecular complexity index is 909. The minimum absolute atomic E-state index is 0.0277. The number of ether oxygens (including phenoxy) is 6. The van der Waals surface area contributed by atoms with Gasteiger partial charge >= 0.3 is 0 Å². The van der Waals surface area contributed by atoms with Crippen molar-refractivity contribution in [2.45, 2.75) is 12.7 Å². The first-order valence-electron chi connectivity index (χ1n) is 11.1. The first-order chi connectivity index (χ1) is 16.9. The summed E-state index contributed by atoms with van der Waals surface area (Å²) in [5.41, 5.74) is 1.52. The third-order valence-electron chi connectivity index (χ3n) is 5.49. The maximum atomic E-state index is 13.4. The molecule has 9 heteroatoms. The van der Waals surface area contributed by atoms with Crippen LogP contribution in [0.25, 0.3) is 0 Å². The molecule has 0 saturated heterocycles. The number of carbonyl (C=O) groups is 2. The normalized spacial score (nSPS) is 13.4. The number of benzene rings is 2. The lowest BCUT2D eigenvalue weighted by Gasteiger charge is -2.32. The van der Waals surface area contributed by atoms with E-state index in [-0.39, 0.29) is 19.3 Å². The molecule has 0 aromatic heterocycles. The SMILES string of the molecule is COCOC(c1cc(OC)c(OC)c(OC)c1)[C@@H](C(=O)N(C)C)[C@H](C=O)COCc1ccccc1. The molecular weight excluding hydrogens is 454 g/mol. The van der Waals surface area contributed by atoms with E-state index in [0.717, 1.165) is 11.8 Å². The number of hydrogen-bond acceptors (Lipinski definition) is 8. The molecule has 1 amide bonds. The van der Waals surface area contributed by atoms with Crippen LogP contribution < -0.4 is 14.2 Å². The topological polar surface area (TPSA) is 92.8 Å². The van der Waals surface area contributed by atoms with E-state index in [0.29, 0.717) is 29.4 Å². The molecule has 3 atom stereocenters. The van der Waals surface area contributed by atoms with Crippen LogP contribution in [-0.2, 0) is 30.4 Å². The summed E-state index contributed by atoms with van der Waals surface area (Å²) in [5.74, 6) is -0.803. The monoisotopic (exact) mass is 489 g/mol. The van der Waals surface area contributed by atoms with Gasteiger partial charge in [0.1, 0.15) is 13.1 Å². The van der Waals surface area contributed by atoms with Crippen LogP contribution in [-0.4, -0.2) is 73.0 Å². The van der Waals surface area contributed by atoms with Crippen LogP contribution in [0.5, 0.6) is 17.2 Å². The van der Waals surface area contributed by atoms with Crippen LogP contribution in [0.15, 0.2) is 42.5 Å². The standard InChI is InChI=1S/C26H35NO8/c1-27(2)26(29)23(20(14-28)16-34-15-18-10-8-7-9-11-18)24(35-17-30-3)19-12-21(31-4)25(33-6)22(13-19)32-5/h7-14,20,23-24H,15-17H2,1-6H3/t20-,23+,24?/m1/s1. The highest BCUT2D eigenvalue weighted by atomic mass is 16.7. The van der Waals surface area contributed by atoms with E-state index in [4.69, 9.17) is 28.4 Å². The molecule has 192 valence electrons. The van der Waals surface area contributed by atoms with Gasteiger partial charge in [0.15, 0.2) is 11.5 Å². The molecule has 2 aromatic rings. The van der Waals surface area contributed by atoms with Crippen molar-refractivity contribution in [2.75, 3.05) is 55.9 Å². The smallest absolute Gasteiger partial charge is 0.228 e. The Morgan fingerprint density at radius 1 is 0.971 bits per heavy atom. The maximum Gasteiger partial charge on any atom is 0.228 e. The average Bonchev–Trinajstić information content (AvgIpc) is 2.88. The summed E-state index contributed by atoms with van der Waals surface area (Å²) in [6.45, 7) is 0.233. The molecule has 35 heavy (non-hydrogen) atoms. The summed E-state index contributed by atoms with van der Waals surface area (Å²) in [4.78, 5) is 27.1. The minimum Gasteiger partial charge on any atom is -0.493 e. The van der Waals surface area contributed by atoms with Crippen LogP contribution >= 0.6 is 0 Å². The van der Waals surface area contributed by atoms with E-state index in [9.17, 15) is 9.59 Å². The summed E-state index contributed by atoms with van der Waals surface area (Å²) in [7, 11) is 9.24. The van der Waals surface area contributed by atoms with Crippen molar-refractivity contribution in [3.63, 3.8) is 0 Å². The van der Waals surface area contributed by atoms with Gasteiger partial charge in [-0.3, -0.25) is 4.79 Å². The summed E-state index contributed by atoms with van der Waals surface area (Å²) < 4.78 is 33.4. The van der Waals surface area contributed by atoms with Gasteiger partial charge < -0.3 is 38.1 Å². The molecule has 0 saturated carbocycles. The molecule has 9 nitrogen and oxygen atoms in total. The van der Waals surface area contributed by atoms with Crippen molar-refractivity contribution >= 4 is 12.2 Å². The van der Waals surface area contributed by atoms with Gasteiger partial charge in [0.05, 0.1) is 52.5 Å². The van der Waals surface area contributed by atoms with Crippen LogP contribution in [0.1, 0.15) is 17.2 Å². The van der Waals surface area contributed by atoms with Crippen molar-refractivity contribution < 1.29 is 38.0 Å². The zero-order valence-corrected chi connectivity index (χ0v) is 21.2. The van der Waals surface area contributed by atoms with E-state index >= 15 is 0 Å². The Morgan fingerprint density at radius 3 is 2.09 bits per heavy atom. The number of amides is 1. The van der Waals surface area contributed by atoms with Crippen molar-refractivity contribution in [3.05, 3.63) is 53.6 Å². The summed E-state index contributed by atoms with van der Waals surface area (Å²) in [5, 5.41) is 0. The molecular formula is C26H35NO8. The Hall–Kier alpha value is -3.14. The second kappa shape index (κ2) is 14.3. The fourth-order valence-electron chi connectivity index (χ4n) is 3.76. The highest BCUT2D eigenvalue weighted by molar-refractivity contribution is 5.82.